The van der Waals surface area contributed by atoms with Crippen LogP contribution in [-0.2, 0) is 17.8 Å². The van der Waals surface area contributed by atoms with E-state index < -0.39 is 11.6 Å². The van der Waals surface area contributed by atoms with E-state index in [4.69, 9.17) is 9.47 Å². The maximum Gasteiger partial charge on any atom is 0.340 e. The molecule has 1 fully saturated rings. The third-order valence-corrected chi connectivity index (χ3v) is 7.83. The summed E-state index contributed by atoms with van der Waals surface area (Å²) in [6, 6.07) is 31.0. The average molecular weight is 606 g/mol. The van der Waals surface area contributed by atoms with Crippen LogP contribution in [0.15, 0.2) is 97.1 Å². The van der Waals surface area contributed by atoms with Crippen LogP contribution < -0.4 is 10.1 Å². The Morgan fingerprint density at radius 1 is 0.756 bits per heavy atom. The lowest BCUT2D eigenvalue weighted by Gasteiger charge is -2.32. The van der Waals surface area contributed by atoms with Crippen LogP contribution in [0.2, 0.25) is 0 Å². The zero-order valence-electron chi connectivity index (χ0n) is 26.7. The van der Waals surface area contributed by atoms with Crippen LogP contribution in [0, 0.1) is 0 Å². The van der Waals surface area contributed by atoms with Crippen molar-refractivity contribution in [1.82, 2.24) is 9.80 Å². The quantitative estimate of drug-likeness (QED) is 0.198. The van der Waals surface area contributed by atoms with Gasteiger partial charge in [-0.05, 0) is 80.8 Å². The number of carbonyl (C=O) groups is 2. The molecular formula is C38H43N3O4. The first-order chi connectivity index (χ1) is 21.6. The number of nitrogens with one attached hydrogen (secondary N) is 1. The van der Waals surface area contributed by atoms with Crippen molar-refractivity contribution in [2.75, 3.05) is 45.1 Å². The summed E-state index contributed by atoms with van der Waals surface area (Å²) in [5.41, 5.74) is 4.31. The van der Waals surface area contributed by atoms with Gasteiger partial charge in [0, 0.05) is 32.7 Å². The Bertz CT molecular complexity index is 1590. The van der Waals surface area contributed by atoms with E-state index in [1.807, 2.05) is 112 Å². The zero-order chi connectivity index (χ0) is 31.8. The van der Waals surface area contributed by atoms with Crippen LogP contribution in [0.4, 0.5) is 5.69 Å². The molecule has 7 heteroatoms. The highest BCUT2D eigenvalue weighted by Gasteiger charge is 2.23. The van der Waals surface area contributed by atoms with Crippen molar-refractivity contribution >= 4 is 17.6 Å². The highest BCUT2D eigenvalue weighted by atomic mass is 16.6. The van der Waals surface area contributed by atoms with Gasteiger partial charge in [-0.1, -0.05) is 72.8 Å². The van der Waals surface area contributed by atoms with Crippen molar-refractivity contribution in [3.05, 3.63) is 119 Å². The van der Waals surface area contributed by atoms with Gasteiger partial charge in [0.2, 0.25) is 0 Å². The van der Waals surface area contributed by atoms with Gasteiger partial charge in [-0.3, -0.25) is 4.79 Å². The van der Waals surface area contributed by atoms with Gasteiger partial charge in [0.15, 0.2) is 0 Å². The average Bonchev–Trinajstić information content (AvgIpc) is 3.03. The van der Waals surface area contributed by atoms with E-state index in [-0.39, 0.29) is 11.5 Å². The van der Waals surface area contributed by atoms with Gasteiger partial charge in [-0.2, -0.15) is 0 Å². The number of anilines is 1. The standard InChI is InChI=1S/C38H43N3O4/c1-38(2,3)45-37(43)32-17-16-31(30-13-9-6-10-14-30)26-34(32)39-36(42)33-25-28(19-20-41-23-21-40(4)22-24-41)15-18-35(33)44-27-29-11-7-5-8-12-29/h5-18,25-26H,19-24,27H2,1-4H3,(H,39,42). The Hall–Kier alpha value is -4.46. The minimum atomic E-state index is -0.687. The molecule has 234 valence electrons. The SMILES string of the molecule is CN1CCN(CCc2ccc(OCc3ccccc3)c(C(=O)Nc3cc(-c4ccccc4)ccc3C(=O)OC(C)(C)C)c2)CC1. The zero-order valence-corrected chi connectivity index (χ0v) is 26.7. The van der Waals surface area contributed by atoms with Crippen LogP contribution in [0.5, 0.6) is 5.75 Å². The molecule has 0 saturated carbocycles. The molecule has 0 aliphatic carbocycles. The van der Waals surface area contributed by atoms with Crippen LogP contribution in [0.25, 0.3) is 11.1 Å². The first kappa shape index (κ1) is 31.9. The Balaban J connectivity index is 1.44. The topological polar surface area (TPSA) is 71.1 Å². The van der Waals surface area contributed by atoms with Gasteiger partial charge < -0.3 is 24.6 Å². The molecule has 1 heterocycles. The molecule has 1 aliphatic rings. The summed E-state index contributed by atoms with van der Waals surface area (Å²) in [5, 5.41) is 3.04. The molecule has 0 spiro atoms. The van der Waals surface area contributed by atoms with Crippen LogP contribution in [0.1, 0.15) is 52.6 Å². The first-order valence-corrected chi connectivity index (χ1v) is 15.6. The second-order valence-electron chi connectivity index (χ2n) is 12.6. The maximum absolute atomic E-state index is 14.1. The molecule has 0 atom stereocenters. The molecule has 1 N–H and O–H groups in total. The normalized spacial score (nSPS) is 14.1. The molecule has 1 saturated heterocycles. The number of piperazine rings is 1. The van der Waals surface area contributed by atoms with Gasteiger partial charge in [-0.15, -0.1) is 0 Å². The van der Waals surface area contributed by atoms with Gasteiger partial charge in [0.1, 0.15) is 18.0 Å². The summed E-state index contributed by atoms with van der Waals surface area (Å²) < 4.78 is 11.9. The molecule has 0 radical (unpaired) electrons. The number of esters is 1. The Kier molecular flexibility index (Phi) is 10.3. The summed E-state index contributed by atoms with van der Waals surface area (Å²) in [4.78, 5) is 32.2. The molecule has 0 unspecified atom stereocenters. The third-order valence-electron chi connectivity index (χ3n) is 7.83. The van der Waals surface area contributed by atoms with E-state index in [2.05, 4.69) is 22.2 Å². The van der Waals surface area contributed by atoms with Crippen molar-refractivity contribution in [3.63, 3.8) is 0 Å². The number of carbonyl (C=O) groups excluding carboxylic acids is 2. The molecule has 4 aromatic rings. The van der Waals surface area contributed by atoms with Crippen molar-refractivity contribution in [2.24, 2.45) is 0 Å². The number of likely N-dealkylation sites (N-methyl/N-ethyl adjacent to an activating group) is 1. The summed E-state index contributed by atoms with van der Waals surface area (Å²) in [5.74, 6) is -0.369. The predicted molar refractivity (Wildman–Crippen MR) is 180 cm³/mol. The maximum atomic E-state index is 14.1. The Morgan fingerprint density at radius 3 is 2.13 bits per heavy atom. The molecule has 7 nitrogen and oxygen atoms in total. The molecule has 45 heavy (non-hydrogen) atoms. The Morgan fingerprint density at radius 2 is 1.44 bits per heavy atom. The number of benzene rings is 4. The van der Waals surface area contributed by atoms with Crippen molar-refractivity contribution < 1.29 is 19.1 Å². The number of rotatable bonds is 10. The van der Waals surface area contributed by atoms with Crippen LogP contribution >= 0.6 is 0 Å². The fourth-order valence-electron chi connectivity index (χ4n) is 5.29. The number of ether oxygens (including phenoxy) is 2. The molecule has 5 rings (SSSR count). The summed E-state index contributed by atoms with van der Waals surface area (Å²) in [6.45, 7) is 10.9. The summed E-state index contributed by atoms with van der Waals surface area (Å²) >= 11 is 0. The largest absolute Gasteiger partial charge is 0.488 e. The van der Waals surface area contributed by atoms with E-state index in [1.54, 1.807) is 6.07 Å². The summed E-state index contributed by atoms with van der Waals surface area (Å²) in [6.07, 6.45) is 0.815. The first-order valence-electron chi connectivity index (χ1n) is 15.6. The molecule has 0 aromatic heterocycles. The van der Waals surface area contributed by atoms with E-state index in [0.29, 0.717) is 23.6 Å². The molecule has 1 amide bonds. The van der Waals surface area contributed by atoms with Crippen molar-refractivity contribution in [1.29, 1.82) is 0 Å². The third kappa shape index (κ3) is 9.03. The smallest absolute Gasteiger partial charge is 0.340 e. The molecule has 4 aromatic carbocycles. The molecule has 0 bridgehead atoms. The van der Waals surface area contributed by atoms with E-state index in [1.165, 1.54) is 0 Å². The van der Waals surface area contributed by atoms with Gasteiger partial charge in [0.25, 0.3) is 5.91 Å². The van der Waals surface area contributed by atoms with Crippen LogP contribution in [0.3, 0.4) is 0 Å². The van der Waals surface area contributed by atoms with E-state index in [9.17, 15) is 9.59 Å². The lowest BCUT2D eigenvalue weighted by Crippen LogP contribution is -2.45. The predicted octanol–water partition coefficient (Wildman–Crippen LogP) is 6.93. The Labute approximate surface area is 266 Å². The highest BCUT2D eigenvalue weighted by molar-refractivity contribution is 6.10. The number of hydrogen-bond acceptors (Lipinski definition) is 6. The minimum Gasteiger partial charge on any atom is -0.488 e. The van der Waals surface area contributed by atoms with Crippen LogP contribution in [-0.4, -0.2) is 67.0 Å². The summed E-state index contributed by atoms with van der Waals surface area (Å²) in [7, 11) is 2.15. The van der Waals surface area contributed by atoms with Gasteiger partial charge >= 0.3 is 5.97 Å². The van der Waals surface area contributed by atoms with E-state index in [0.717, 1.165) is 61.4 Å². The van der Waals surface area contributed by atoms with E-state index >= 15 is 0 Å². The minimum absolute atomic E-state index is 0.288. The molecular weight excluding hydrogens is 562 g/mol. The number of hydrogen-bond donors (Lipinski definition) is 1. The van der Waals surface area contributed by atoms with Crippen molar-refractivity contribution in [3.8, 4) is 16.9 Å². The van der Waals surface area contributed by atoms with Gasteiger partial charge in [-0.25, -0.2) is 4.79 Å². The second kappa shape index (κ2) is 14.5. The highest BCUT2D eigenvalue weighted by Crippen LogP contribution is 2.30. The lowest BCUT2D eigenvalue weighted by molar-refractivity contribution is 0.00707. The van der Waals surface area contributed by atoms with Gasteiger partial charge in [0.05, 0.1) is 16.8 Å². The number of nitrogens with zero attached hydrogens (tertiary/aromatic N) is 2. The van der Waals surface area contributed by atoms with Crippen molar-refractivity contribution in [2.45, 2.75) is 39.4 Å². The second-order valence-corrected chi connectivity index (χ2v) is 12.6. The fraction of sp³-hybridized carbons (Fsp3) is 0.316. The molecule has 1 aliphatic heterocycles. The monoisotopic (exact) mass is 605 g/mol. The number of amides is 1. The fourth-order valence-corrected chi connectivity index (χ4v) is 5.29. The lowest BCUT2D eigenvalue weighted by atomic mass is 10.0.